The molecule has 147 heavy (non-hydrogen) atoms. The van der Waals surface area contributed by atoms with Crippen LogP contribution in [0.1, 0.15) is 190 Å². The van der Waals surface area contributed by atoms with Crippen LogP contribution in [-0.4, -0.2) is 202 Å². The molecular formula is C113H131N5O29. The summed E-state index contributed by atoms with van der Waals surface area (Å²) in [6.07, 6.45) is 5.02. The third-order valence-electron chi connectivity index (χ3n) is 27.9. The Hall–Kier alpha value is -14.0. The van der Waals surface area contributed by atoms with Crippen LogP contribution < -0.4 is 32.0 Å². The Kier molecular flexibility index (Phi) is 39.6. The van der Waals surface area contributed by atoms with Crippen molar-refractivity contribution >= 4 is 47.3 Å². The highest BCUT2D eigenvalue weighted by Crippen LogP contribution is 2.50. The molecule has 7 aliphatic rings. The van der Waals surface area contributed by atoms with Crippen molar-refractivity contribution in [2.24, 2.45) is 35.0 Å². The number of Topliss-reactive ketones (excluding diaryl/α,β-unsaturated/α-hetero) is 1. The molecule has 0 spiro atoms. The van der Waals surface area contributed by atoms with Gasteiger partial charge in [0.2, 0.25) is 24.3 Å². The molecular weight excluding hydrogens is 1890 g/mol. The van der Waals surface area contributed by atoms with Crippen LogP contribution >= 0.6 is 0 Å². The number of benzene rings is 7. The van der Waals surface area contributed by atoms with Gasteiger partial charge in [-0.2, -0.15) is 0 Å². The zero-order valence-corrected chi connectivity index (χ0v) is 84.7. The summed E-state index contributed by atoms with van der Waals surface area (Å²) in [7, 11) is 3.10. The predicted molar refractivity (Wildman–Crippen MR) is 542 cm³/mol. The molecule has 6 fully saturated rings. The van der Waals surface area contributed by atoms with Crippen LogP contribution in [0.3, 0.4) is 0 Å². The molecule has 0 saturated carbocycles. The number of aliphatic hydroxyl groups excluding tert-OH is 3. The smallest absolute Gasteiger partial charge is 0.340 e. The van der Waals surface area contributed by atoms with E-state index in [1.54, 1.807) is 172 Å². The normalized spacial score (nSPS) is 28.0. The monoisotopic (exact) mass is 2020 g/mol. The molecule has 34 heteroatoms. The molecule has 2 aromatic heterocycles. The van der Waals surface area contributed by atoms with Crippen LogP contribution in [0.25, 0.3) is 0 Å². The number of esters is 5. The number of hydrogen-bond acceptors (Lipinski definition) is 29. The Balaban J connectivity index is 0.000000171. The molecule has 0 radical (unpaired) electrons. The summed E-state index contributed by atoms with van der Waals surface area (Å²) < 4.78 is 77.3. The number of methoxy groups -OCH3 is 2. The highest BCUT2D eigenvalue weighted by Gasteiger charge is 2.61. The average Bonchev–Trinajstić information content (AvgIpc) is 1.59. The molecule has 0 unspecified atom stereocenters. The van der Waals surface area contributed by atoms with Crippen molar-refractivity contribution in [3.05, 3.63) is 368 Å². The number of aromatic nitrogens is 4. The van der Waals surface area contributed by atoms with Gasteiger partial charge in [-0.15, -0.1) is 6.58 Å². The molecule has 4 N–H and O–H groups in total. The van der Waals surface area contributed by atoms with E-state index in [-0.39, 0.29) is 103 Å². The van der Waals surface area contributed by atoms with Gasteiger partial charge in [-0.05, 0) is 159 Å². The van der Waals surface area contributed by atoms with E-state index in [2.05, 4.69) is 40.2 Å². The van der Waals surface area contributed by atoms with Crippen molar-refractivity contribution in [2.75, 3.05) is 20.8 Å². The zero-order chi connectivity index (χ0) is 107. The van der Waals surface area contributed by atoms with Gasteiger partial charge in [0.1, 0.15) is 29.8 Å². The standard InChI is InChI=1S/C28H30N2O6.C21H23NO5.C19H22N2O7.C17H22O3.C14H18O4.C14H16O4/c1-5-23-19(3)28(6-2,36-25(32)21-10-8-7-9-11-21)26(35-23)29-17-16-24(31)30(27(29)33)18-20-12-14-22(34-4)15-13-20;1-4-17-14(3)21(5-2,27-19(25)15-9-7-6-8-10-15)20(26-17)22-12-11-16(23)13-18(22)24;1-3-19(26)16(24)14(11-22)28-17(19)20-9-8-15(23)21(18(20)25)10-12-4-6-13(27-2)7-5-12;1-5-14-12(3)17(4,6-2)16(19-14)20-15(18)13-10-8-7-9-11-13;2*1-3-11-9(2)12(15)14(17-11)18-13(16)10-7-5-4-6-8-10/h6-17,19,23,26H,2,5,18H2,1,3-4H3;5-12,14,17,20H,2,4,13H2,1,3H3;3-9,14,16-17,22,24,26H,1,10-11H2,2H3;6-12,14,16H,2,5H2,1,3-4H3;4-9,11-12,14-15H,3H2,1-2H3;4-9,11,14H,3H2,1-2H3/t19-,23-,26-,28-;14-,17-,20-,21-;14-,16-,17-,19-;12-,14-,16-,17+;9-,11-,12-,14-;9-,11-,14-/m111111/s1. The number of nitrogens with zero attached hydrogens (tertiary/aromatic N) is 5. The third-order valence-corrected chi connectivity index (χ3v) is 27.9. The van der Waals surface area contributed by atoms with Crippen molar-refractivity contribution in [3.8, 4) is 11.5 Å². The van der Waals surface area contributed by atoms with Crippen LogP contribution in [0, 0.1) is 35.0 Å². The van der Waals surface area contributed by atoms with E-state index < -0.39 is 132 Å². The SMILES string of the molecule is C=C[C@@]1(O)[C@H](O)[C@@H](CO)O[C@H]1n1ccc(=O)n(Cc2ccc(OC)cc2)c1=O.C=C[C@@]1(OC(=O)c2ccccc2)[C@H](C)[C@@H](CC)O[C@H]1N1C=CC(=O)CC1=O.C=C[C@@]1(OC(=O)c2ccccc2)[C@H](C)[C@@H](CC)O[C@H]1n1ccc(=O)n(Cc2ccc(OC)cc2)c1=O.C=C[C@]1(C)[C@@H](OC(=O)c2ccccc2)O[C@H](CC)[C@H]1C.CC[C@H]1O[C@H](OC(=O)c2ccccc2)C(=O)[C@@H]1C.CC[C@H]1O[C@H](OC(=O)c2ccccc2)[C@H](O)[C@@H]1C. The molecule has 34 nitrogen and oxygen atoms in total. The van der Waals surface area contributed by atoms with Gasteiger partial charge < -0.3 is 82.0 Å². The minimum Gasteiger partial charge on any atom is -0.497 e. The van der Waals surface area contributed by atoms with Crippen LogP contribution in [0.4, 0.5) is 0 Å². The average molecular weight is 2020 g/mol. The van der Waals surface area contributed by atoms with E-state index in [4.69, 9.17) is 61.6 Å². The molecule has 9 heterocycles. The second-order valence-electron chi connectivity index (χ2n) is 36.6. The van der Waals surface area contributed by atoms with Gasteiger partial charge >= 0.3 is 41.2 Å². The third kappa shape index (κ3) is 25.6. The number of ketones is 2. The first-order valence-electron chi connectivity index (χ1n) is 48.9. The fourth-order valence-corrected chi connectivity index (χ4v) is 18.4. The van der Waals surface area contributed by atoms with Crippen molar-refractivity contribution < 1.29 is 120 Å². The lowest BCUT2D eigenvalue weighted by atomic mass is 9.76. The lowest BCUT2D eigenvalue weighted by Crippen LogP contribution is -2.54. The van der Waals surface area contributed by atoms with Gasteiger partial charge in [-0.1, -0.05) is 216 Å². The maximum atomic E-state index is 13.6. The second kappa shape index (κ2) is 51.3. The van der Waals surface area contributed by atoms with E-state index in [0.717, 1.165) is 50.7 Å². The van der Waals surface area contributed by atoms with Crippen molar-refractivity contribution in [3.63, 3.8) is 0 Å². The number of hydrogen-bond donors (Lipinski definition) is 4. The van der Waals surface area contributed by atoms with E-state index in [9.17, 15) is 78.0 Å². The molecule has 16 rings (SSSR count). The Bertz CT molecular complexity index is 6320. The number of aliphatic hydroxyl groups is 4. The fraction of sp³-hybridized carbons (Fsp3) is 0.398. The van der Waals surface area contributed by atoms with E-state index in [1.165, 1.54) is 59.5 Å². The molecule has 23 atom stereocenters. The van der Waals surface area contributed by atoms with E-state index >= 15 is 0 Å². The molecule has 7 aliphatic heterocycles. The summed E-state index contributed by atoms with van der Waals surface area (Å²) in [6.45, 7) is 36.3. The highest BCUT2D eigenvalue weighted by atomic mass is 16.7. The second-order valence-corrected chi connectivity index (χ2v) is 36.6. The molecule has 0 bridgehead atoms. The molecule has 7 aromatic carbocycles. The quantitative estimate of drug-likeness (QED) is 0.0146. The summed E-state index contributed by atoms with van der Waals surface area (Å²) >= 11 is 0. The molecule has 6 saturated heterocycles. The topological polar surface area (TPSA) is 429 Å². The van der Waals surface area contributed by atoms with Crippen molar-refractivity contribution in [2.45, 2.75) is 231 Å². The first-order valence-corrected chi connectivity index (χ1v) is 48.9. The maximum absolute atomic E-state index is 13.6. The number of amides is 1. The Morgan fingerprint density at radius 2 is 0.823 bits per heavy atom. The summed E-state index contributed by atoms with van der Waals surface area (Å²) in [5.74, 6) is -2.43. The number of ether oxygens (including phenoxy) is 13. The molecule has 1 amide bonds. The minimum absolute atomic E-state index is 0.00623. The minimum atomic E-state index is -2.01. The van der Waals surface area contributed by atoms with Crippen molar-refractivity contribution in [1.82, 2.24) is 23.2 Å². The van der Waals surface area contributed by atoms with Gasteiger partial charge in [0.05, 0.1) is 104 Å². The lowest BCUT2D eigenvalue weighted by molar-refractivity contribution is -0.153. The Labute approximate surface area is 852 Å². The fourth-order valence-electron chi connectivity index (χ4n) is 18.4. The number of carbonyl (C=O) groups is 8. The molecule has 9 aromatic rings. The molecule has 782 valence electrons. The van der Waals surface area contributed by atoms with Gasteiger partial charge in [0.15, 0.2) is 41.3 Å². The summed E-state index contributed by atoms with van der Waals surface area (Å²) in [5, 5.41) is 40.3. The van der Waals surface area contributed by atoms with E-state index in [1.807, 2.05) is 104 Å². The summed E-state index contributed by atoms with van der Waals surface area (Å²) in [5.41, 5.74) is -3.58. The number of allylic oxidation sites excluding steroid dienone is 1. The van der Waals surface area contributed by atoms with Gasteiger partial charge in [0.25, 0.3) is 17.4 Å². The summed E-state index contributed by atoms with van der Waals surface area (Å²) in [4.78, 5) is 150. The van der Waals surface area contributed by atoms with Gasteiger partial charge in [-0.3, -0.25) is 47.1 Å². The number of rotatable bonds is 29. The highest BCUT2D eigenvalue weighted by molar-refractivity contribution is 6.06. The Morgan fingerprint density at radius 3 is 1.20 bits per heavy atom. The Morgan fingerprint density at radius 1 is 0.435 bits per heavy atom. The first kappa shape index (κ1) is 113. The lowest BCUT2D eigenvalue weighted by Gasteiger charge is -2.39. The van der Waals surface area contributed by atoms with Crippen LogP contribution in [-0.2, 0) is 79.6 Å². The van der Waals surface area contributed by atoms with E-state index in [0.29, 0.717) is 57.7 Å². The van der Waals surface area contributed by atoms with Crippen LogP contribution in [0.15, 0.2) is 307 Å². The van der Waals surface area contributed by atoms with Crippen molar-refractivity contribution in [1.29, 1.82) is 0 Å². The predicted octanol–water partition coefficient (Wildman–Crippen LogP) is 13.8. The molecule has 0 aliphatic carbocycles. The van der Waals surface area contributed by atoms with Gasteiger partial charge in [0, 0.05) is 54.4 Å². The van der Waals surface area contributed by atoms with Crippen LogP contribution in [0.2, 0.25) is 0 Å². The first-order chi connectivity index (χ1) is 70.4. The zero-order valence-electron chi connectivity index (χ0n) is 84.7. The van der Waals surface area contributed by atoms with Crippen LogP contribution in [0.5, 0.6) is 11.5 Å². The maximum Gasteiger partial charge on any atom is 0.340 e. The summed E-state index contributed by atoms with van der Waals surface area (Å²) in [6, 6.07) is 60.0. The van der Waals surface area contributed by atoms with Gasteiger partial charge in [-0.25, -0.2) is 33.6 Å². The number of carbonyl (C=O) groups excluding carboxylic acids is 8. The largest absolute Gasteiger partial charge is 0.497 e.